The summed E-state index contributed by atoms with van der Waals surface area (Å²) in [5.41, 5.74) is 4.62. The Labute approximate surface area is 236 Å². The monoisotopic (exact) mass is 546 g/mol. The summed E-state index contributed by atoms with van der Waals surface area (Å²) >= 11 is 0. The van der Waals surface area contributed by atoms with Gasteiger partial charge in [-0.1, -0.05) is 56.3 Å². The van der Waals surface area contributed by atoms with E-state index in [4.69, 9.17) is 9.26 Å². The van der Waals surface area contributed by atoms with E-state index in [1.807, 2.05) is 87.5 Å². The largest absolute Gasteiger partial charge is 0.489 e. The lowest BCUT2D eigenvalue weighted by Crippen LogP contribution is -2.09. The molecule has 0 saturated heterocycles. The molecule has 4 heterocycles. The van der Waals surface area contributed by atoms with E-state index in [0.29, 0.717) is 29.3 Å². The number of rotatable bonds is 9. The summed E-state index contributed by atoms with van der Waals surface area (Å²) in [6.07, 6.45) is 2.06. The molecular formula is C33H30N4O4. The van der Waals surface area contributed by atoms with Gasteiger partial charge < -0.3 is 19.2 Å². The summed E-state index contributed by atoms with van der Waals surface area (Å²) in [5, 5.41) is 5.70. The van der Waals surface area contributed by atoms with Crippen molar-refractivity contribution in [2.45, 2.75) is 45.6 Å². The topological polar surface area (TPSA) is 114 Å². The van der Waals surface area contributed by atoms with E-state index in [0.717, 1.165) is 38.9 Å². The fourth-order valence-corrected chi connectivity index (χ4v) is 4.73. The number of hydrogen-bond donors (Lipinski definition) is 2. The van der Waals surface area contributed by atoms with Crippen LogP contribution in [0.25, 0.3) is 21.9 Å². The fraction of sp³-hybridized carbons (Fsp3) is 0.212. The van der Waals surface area contributed by atoms with Crippen LogP contribution in [0, 0.1) is 0 Å². The van der Waals surface area contributed by atoms with Gasteiger partial charge in [-0.05, 0) is 47.5 Å². The fourth-order valence-electron chi connectivity index (χ4n) is 4.73. The first-order chi connectivity index (χ1) is 19.7. The molecule has 0 atom stereocenters. The summed E-state index contributed by atoms with van der Waals surface area (Å²) in [5.74, 6) is 1.32. The molecule has 0 aliphatic carbocycles. The third kappa shape index (κ3) is 5.82. The zero-order chi connectivity index (χ0) is 28.6. The van der Waals surface area contributed by atoms with Crippen molar-refractivity contribution < 1.29 is 18.8 Å². The Morgan fingerprint density at radius 1 is 0.854 bits per heavy atom. The standard InChI is InChI=1S/C33H30N4O4/c1-33(2,3)30-17-24(37-41-30)16-25(38)12-21-11-23-15-29(36-32(23)34-18-21)31(39)28-14-22-13-26(9-10-27(22)35-28)40-19-20-7-5-4-6-8-20/h4-11,13-15,17-18,35H,12,16,19H2,1-3H3,(H,34,36). The van der Waals surface area contributed by atoms with Gasteiger partial charge in [0.1, 0.15) is 29.5 Å². The summed E-state index contributed by atoms with van der Waals surface area (Å²) in [4.78, 5) is 36.8. The maximum atomic E-state index is 13.3. The van der Waals surface area contributed by atoms with Crippen LogP contribution in [-0.2, 0) is 29.7 Å². The van der Waals surface area contributed by atoms with Crippen LogP contribution in [0.4, 0.5) is 0 Å². The zero-order valence-electron chi connectivity index (χ0n) is 23.2. The number of fused-ring (bicyclic) bond motifs is 2. The van der Waals surface area contributed by atoms with Gasteiger partial charge in [0.2, 0.25) is 5.78 Å². The maximum absolute atomic E-state index is 13.3. The van der Waals surface area contributed by atoms with E-state index < -0.39 is 0 Å². The Morgan fingerprint density at radius 3 is 2.41 bits per heavy atom. The molecule has 8 heteroatoms. The number of carbonyl (C=O) groups is 2. The van der Waals surface area contributed by atoms with Crippen molar-refractivity contribution in [3.8, 4) is 5.75 Å². The van der Waals surface area contributed by atoms with Gasteiger partial charge in [-0.2, -0.15) is 0 Å². The van der Waals surface area contributed by atoms with Gasteiger partial charge >= 0.3 is 0 Å². The Morgan fingerprint density at radius 2 is 1.63 bits per heavy atom. The van der Waals surface area contributed by atoms with Crippen molar-refractivity contribution in [3.05, 3.63) is 113 Å². The van der Waals surface area contributed by atoms with Crippen molar-refractivity contribution in [2.75, 3.05) is 0 Å². The molecule has 0 aliphatic heterocycles. The van der Waals surface area contributed by atoms with E-state index in [-0.39, 0.29) is 29.8 Å². The molecule has 0 spiro atoms. The molecule has 2 N–H and O–H groups in total. The second-order valence-corrected chi connectivity index (χ2v) is 11.3. The molecule has 0 bridgehead atoms. The predicted octanol–water partition coefficient (Wildman–Crippen LogP) is 6.49. The van der Waals surface area contributed by atoms with Crippen LogP contribution in [0.1, 0.15) is 59.5 Å². The summed E-state index contributed by atoms with van der Waals surface area (Å²) < 4.78 is 11.3. The number of aromatic nitrogens is 4. The molecule has 206 valence electrons. The van der Waals surface area contributed by atoms with Gasteiger partial charge in [-0.3, -0.25) is 9.59 Å². The minimum atomic E-state index is -0.177. The zero-order valence-corrected chi connectivity index (χ0v) is 23.2. The van der Waals surface area contributed by atoms with Crippen molar-refractivity contribution >= 4 is 33.5 Å². The first-order valence-corrected chi connectivity index (χ1v) is 13.5. The number of carbonyl (C=O) groups excluding carboxylic acids is 2. The molecular weight excluding hydrogens is 516 g/mol. The number of hydrogen-bond acceptors (Lipinski definition) is 6. The molecule has 4 aromatic heterocycles. The van der Waals surface area contributed by atoms with Crippen LogP contribution >= 0.6 is 0 Å². The summed E-state index contributed by atoms with van der Waals surface area (Å²) in [7, 11) is 0. The minimum Gasteiger partial charge on any atom is -0.489 e. The number of nitrogens with zero attached hydrogens (tertiary/aromatic N) is 2. The molecule has 6 rings (SSSR count). The Bertz CT molecular complexity index is 1870. The minimum absolute atomic E-state index is 0.0111. The van der Waals surface area contributed by atoms with Crippen LogP contribution in [0.15, 0.2) is 83.5 Å². The molecule has 8 nitrogen and oxygen atoms in total. The van der Waals surface area contributed by atoms with E-state index in [9.17, 15) is 9.59 Å². The highest BCUT2D eigenvalue weighted by Crippen LogP contribution is 2.25. The highest BCUT2D eigenvalue weighted by atomic mass is 16.5. The van der Waals surface area contributed by atoms with E-state index in [2.05, 4.69) is 20.1 Å². The quantitative estimate of drug-likeness (QED) is 0.200. The molecule has 0 fully saturated rings. The number of pyridine rings is 1. The van der Waals surface area contributed by atoms with Crippen molar-refractivity contribution in [1.29, 1.82) is 0 Å². The number of ether oxygens (including phenoxy) is 1. The molecule has 0 amide bonds. The van der Waals surface area contributed by atoms with Gasteiger partial charge in [0.05, 0.1) is 23.5 Å². The van der Waals surface area contributed by atoms with E-state index in [1.165, 1.54) is 0 Å². The first kappa shape index (κ1) is 26.3. The second-order valence-electron chi connectivity index (χ2n) is 11.3. The van der Waals surface area contributed by atoms with Crippen molar-refractivity contribution in [1.82, 2.24) is 20.1 Å². The van der Waals surface area contributed by atoms with Crippen molar-refractivity contribution in [2.24, 2.45) is 0 Å². The Kier molecular flexibility index (Phi) is 6.75. The van der Waals surface area contributed by atoms with E-state index >= 15 is 0 Å². The second kappa shape index (κ2) is 10.5. The first-order valence-electron chi connectivity index (χ1n) is 13.5. The molecule has 0 aliphatic rings. The Balaban J connectivity index is 1.14. The summed E-state index contributed by atoms with van der Waals surface area (Å²) in [6, 6.07) is 23.0. The van der Waals surface area contributed by atoms with Crippen molar-refractivity contribution in [3.63, 3.8) is 0 Å². The maximum Gasteiger partial charge on any atom is 0.225 e. The number of benzene rings is 2. The average Bonchev–Trinajstić information content (AvgIpc) is 3.69. The lowest BCUT2D eigenvalue weighted by molar-refractivity contribution is -0.117. The van der Waals surface area contributed by atoms with Gasteiger partial charge in [-0.25, -0.2) is 4.98 Å². The van der Waals surface area contributed by atoms with E-state index in [1.54, 1.807) is 12.3 Å². The van der Waals surface area contributed by atoms with Crippen LogP contribution in [0.5, 0.6) is 5.75 Å². The molecule has 0 unspecified atom stereocenters. The van der Waals surface area contributed by atoms with Gasteiger partial charge in [-0.15, -0.1) is 0 Å². The van der Waals surface area contributed by atoms with Crippen LogP contribution in [0.3, 0.4) is 0 Å². The molecule has 6 aromatic rings. The highest BCUT2D eigenvalue weighted by Gasteiger charge is 2.21. The van der Waals surface area contributed by atoms with Gasteiger partial charge in [0, 0.05) is 40.4 Å². The van der Waals surface area contributed by atoms with Crippen LogP contribution in [0.2, 0.25) is 0 Å². The average molecular weight is 547 g/mol. The number of Topliss-reactive ketones (excluding diaryl/α,β-unsaturated/α-hetero) is 1. The predicted molar refractivity (Wildman–Crippen MR) is 156 cm³/mol. The Hall–Kier alpha value is -4.98. The van der Waals surface area contributed by atoms with Gasteiger partial charge in [0.15, 0.2) is 0 Å². The third-order valence-corrected chi connectivity index (χ3v) is 6.93. The molecule has 41 heavy (non-hydrogen) atoms. The molecule has 0 saturated carbocycles. The molecule has 2 aromatic carbocycles. The number of ketones is 2. The lowest BCUT2D eigenvalue weighted by atomic mass is 9.93. The number of nitrogens with one attached hydrogen (secondary N) is 2. The third-order valence-electron chi connectivity index (χ3n) is 6.93. The normalized spacial score (nSPS) is 11.8. The SMILES string of the molecule is CC(C)(C)c1cc(CC(=O)Cc2cnc3[nH]c(C(=O)c4cc5cc(OCc6ccccc6)ccc5[nH]4)cc3c2)no1. The summed E-state index contributed by atoms with van der Waals surface area (Å²) in [6.45, 7) is 6.57. The highest BCUT2D eigenvalue weighted by molar-refractivity contribution is 6.11. The van der Waals surface area contributed by atoms with Crippen LogP contribution < -0.4 is 4.74 Å². The smallest absolute Gasteiger partial charge is 0.225 e. The van der Waals surface area contributed by atoms with Gasteiger partial charge in [0.25, 0.3) is 0 Å². The lowest BCUT2D eigenvalue weighted by Gasteiger charge is -2.12. The number of H-pyrrole nitrogens is 2. The van der Waals surface area contributed by atoms with Crippen LogP contribution in [-0.4, -0.2) is 31.7 Å². The molecule has 0 radical (unpaired) electrons. The number of aromatic amines is 2.